The van der Waals surface area contributed by atoms with Gasteiger partial charge in [-0.3, -0.25) is 9.69 Å². The molecule has 1 amide bonds. The Bertz CT molecular complexity index is 1270. The third-order valence-corrected chi connectivity index (χ3v) is 7.30. The lowest BCUT2D eigenvalue weighted by Crippen LogP contribution is -2.48. The molecule has 1 saturated carbocycles. The van der Waals surface area contributed by atoms with E-state index >= 15 is 0 Å². The number of likely N-dealkylation sites (tertiary alicyclic amines) is 1. The number of ether oxygens (including phenoxy) is 1. The Labute approximate surface area is 188 Å². The van der Waals surface area contributed by atoms with Crippen LogP contribution in [-0.2, 0) is 5.41 Å². The number of nitrogens with zero attached hydrogens (tertiary/aromatic N) is 2. The normalized spacial score (nSPS) is 19.2. The number of rotatable bonds is 6. The monoisotopic (exact) mass is 425 g/mol. The first-order chi connectivity index (χ1) is 15.4. The van der Waals surface area contributed by atoms with Gasteiger partial charge in [-0.2, -0.15) is 5.26 Å². The average Bonchev–Trinajstić information content (AvgIpc) is 3.59. The first-order valence-electron chi connectivity index (χ1n) is 11.1. The van der Waals surface area contributed by atoms with Gasteiger partial charge in [0.1, 0.15) is 12.4 Å². The lowest BCUT2D eigenvalue weighted by molar-refractivity contribution is 0.0767. The van der Waals surface area contributed by atoms with Gasteiger partial charge in [0, 0.05) is 17.0 Å². The maximum absolute atomic E-state index is 12.3. The van der Waals surface area contributed by atoms with Crippen LogP contribution < -0.4 is 10.5 Å². The summed E-state index contributed by atoms with van der Waals surface area (Å²) in [5.74, 6) is 0.244. The second-order valence-corrected chi connectivity index (χ2v) is 9.18. The van der Waals surface area contributed by atoms with Crippen LogP contribution in [-0.4, -0.2) is 37.0 Å². The van der Waals surface area contributed by atoms with Crippen LogP contribution in [0.25, 0.3) is 10.8 Å². The van der Waals surface area contributed by atoms with E-state index in [9.17, 15) is 10.1 Å². The van der Waals surface area contributed by atoms with Crippen molar-refractivity contribution in [2.45, 2.75) is 37.6 Å². The summed E-state index contributed by atoms with van der Waals surface area (Å²) in [6, 6.07) is 18.7. The number of carbonyl (C=O) groups excluding carboxylic acids is 1. The van der Waals surface area contributed by atoms with Crippen LogP contribution in [0.5, 0.6) is 5.75 Å². The molecule has 0 aromatic heterocycles. The number of nitriles is 1. The minimum atomic E-state index is -0.443. The molecule has 1 aliphatic carbocycles. The summed E-state index contributed by atoms with van der Waals surface area (Å²) in [5, 5.41) is 11.8. The summed E-state index contributed by atoms with van der Waals surface area (Å²) < 4.78 is 6.16. The van der Waals surface area contributed by atoms with E-state index in [4.69, 9.17) is 10.5 Å². The molecule has 0 radical (unpaired) electrons. The summed E-state index contributed by atoms with van der Waals surface area (Å²) >= 11 is 0. The van der Waals surface area contributed by atoms with Gasteiger partial charge in [0.2, 0.25) is 5.91 Å². The average molecular weight is 426 g/mol. The van der Waals surface area contributed by atoms with Gasteiger partial charge in [-0.1, -0.05) is 24.3 Å². The molecule has 2 N–H and O–H groups in total. The van der Waals surface area contributed by atoms with Crippen LogP contribution >= 0.6 is 0 Å². The first-order valence-corrected chi connectivity index (χ1v) is 11.1. The number of likely N-dealkylation sites (N-methyl/N-ethyl adjacent to an activating group) is 1. The maximum atomic E-state index is 12.3. The van der Waals surface area contributed by atoms with Gasteiger partial charge in [-0.05, 0) is 91.5 Å². The van der Waals surface area contributed by atoms with Crippen molar-refractivity contribution < 1.29 is 9.53 Å². The third kappa shape index (κ3) is 3.32. The smallest absolute Gasteiger partial charge is 0.249 e. The third-order valence-electron chi connectivity index (χ3n) is 7.30. The molecular formula is C27H27N3O2. The fourth-order valence-electron chi connectivity index (χ4n) is 5.08. The molecule has 0 bridgehead atoms. The molecule has 0 spiro atoms. The number of amides is 1. The fraction of sp³-hybridized carbons (Fsp3) is 0.333. The zero-order valence-corrected chi connectivity index (χ0v) is 18.5. The highest BCUT2D eigenvalue weighted by atomic mass is 16.5. The minimum Gasteiger partial charge on any atom is -0.492 e. The largest absolute Gasteiger partial charge is 0.492 e. The van der Waals surface area contributed by atoms with Gasteiger partial charge in [0.15, 0.2) is 0 Å². The lowest BCUT2D eigenvalue weighted by atomic mass is 9.80. The van der Waals surface area contributed by atoms with E-state index in [-0.39, 0.29) is 5.41 Å². The molecule has 3 aromatic rings. The Balaban J connectivity index is 1.63. The summed E-state index contributed by atoms with van der Waals surface area (Å²) in [6.07, 6.45) is 3.04. The van der Waals surface area contributed by atoms with Gasteiger partial charge in [-0.25, -0.2) is 0 Å². The molecule has 5 heteroatoms. The first kappa shape index (κ1) is 20.5. The van der Waals surface area contributed by atoms with Crippen molar-refractivity contribution in [2.24, 2.45) is 5.73 Å². The molecule has 2 aliphatic rings. The van der Waals surface area contributed by atoms with Crippen molar-refractivity contribution in [3.05, 3.63) is 76.3 Å². The minimum absolute atomic E-state index is 0.243. The standard InChI is InChI=1S/C27H27N3O2/c1-17-23(26(29)31)13-21(32-16-20-7-10-30(20)2)14-24(17)27(8-9-27)25-12-18(15-28)11-19-5-3-4-6-22(19)25/h3-6,11-14,20H,7-10,16H2,1-2H3,(H2,29,31). The van der Waals surface area contributed by atoms with E-state index in [2.05, 4.69) is 30.1 Å². The van der Waals surface area contributed by atoms with Crippen LogP contribution in [0.1, 0.15) is 51.9 Å². The molecule has 32 heavy (non-hydrogen) atoms. The van der Waals surface area contributed by atoms with Crippen LogP contribution in [0.4, 0.5) is 0 Å². The molecule has 1 saturated heterocycles. The van der Waals surface area contributed by atoms with Crippen LogP contribution in [0.2, 0.25) is 0 Å². The van der Waals surface area contributed by atoms with Gasteiger partial charge in [0.05, 0.1) is 11.6 Å². The SMILES string of the molecule is Cc1c(C(N)=O)cc(OCC2CCN2C)cc1C1(c2cc(C#N)cc3ccccc23)CC1. The van der Waals surface area contributed by atoms with Crippen LogP contribution in [0.15, 0.2) is 48.5 Å². The summed E-state index contributed by atoms with van der Waals surface area (Å²) in [6.45, 7) is 3.65. The Morgan fingerprint density at radius 2 is 2.00 bits per heavy atom. The molecule has 5 rings (SSSR count). The molecule has 3 aromatic carbocycles. The van der Waals surface area contributed by atoms with Crippen molar-refractivity contribution >= 4 is 16.7 Å². The molecule has 1 heterocycles. The molecule has 1 atom stereocenters. The van der Waals surface area contributed by atoms with Gasteiger partial charge in [0.25, 0.3) is 0 Å². The zero-order valence-electron chi connectivity index (χ0n) is 18.5. The molecule has 2 fully saturated rings. The van der Waals surface area contributed by atoms with Crippen LogP contribution in [0.3, 0.4) is 0 Å². The van der Waals surface area contributed by atoms with E-state index < -0.39 is 5.91 Å². The number of hydrogen-bond donors (Lipinski definition) is 1. The topological polar surface area (TPSA) is 79.4 Å². The van der Waals surface area contributed by atoms with Gasteiger partial charge in [-0.15, -0.1) is 0 Å². The Kier molecular flexibility index (Phi) is 4.91. The number of benzene rings is 3. The van der Waals surface area contributed by atoms with Crippen molar-refractivity contribution in [1.29, 1.82) is 5.26 Å². The molecule has 1 aliphatic heterocycles. The van der Waals surface area contributed by atoms with Gasteiger partial charge >= 0.3 is 0 Å². The highest BCUT2D eigenvalue weighted by molar-refractivity contribution is 5.96. The number of nitrogens with two attached hydrogens (primary N) is 1. The predicted molar refractivity (Wildman–Crippen MR) is 125 cm³/mol. The zero-order chi connectivity index (χ0) is 22.5. The number of carbonyl (C=O) groups is 1. The highest BCUT2D eigenvalue weighted by Crippen LogP contribution is 2.57. The van der Waals surface area contributed by atoms with Crippen LogP contribution in [0, 0.1) is 18.3 Å². The second kappa shape index (κ2) is 7.65. The van der Waals surface area contributed by atoms with Crippen molar-refractivity contribution in [3.8, 4) is 11.8 Å². The Morgan fingerprint density at radius 3 is 2.62 bits per heavy atom. The highest BCUT2D eigenvalue weighted by Gasteiger charge is 2.48. The molecular weight excluding hydrogens is 398 g/mol. The van der Waals surface area contributed by atoms with E-state index in [1.807, 2.05) is 37.3 Å². The Morgan fingerprint density at radius 1 is 1.22 bits per heavy atom. The van der Waals surface area contributed by atoms with Crippen molar-refractivity contribution in [1.82, 2.24) is 4.90 Å². The quantitative estimate of drug-likeness (QED) is 0.639. The molecule has 162 valence electrons. The van der Waals surface area contributed by atoms with Crippen molar-refractivity contribution in [3.63, 3.8) is 0 Å². The lowest BCUT2D eigenvalue weighted by Gasteiger charge is -2.37. The van der Waals surface area contributed by atoms with E-state index in [0.717, 1.165) is 53.3 Å². The second-order valence-electron chi connectivity index (χ2n) is 9.18. The number of hydrogen-bond acceptors (Lipinski definition) is 4. The van der Waals surface area contributed by atoms with Gasteiger partial charge < -0.3 is 10.5 Å². The van der Waals surface area contributed by atoms with E-state index in [1.165, 1.54) is 0 Å². The summed E-state index contributed by atoms with van der Waals surface area (Å²) in [7, 11) is 2.10. The summed E-state index contributed by atoms with van der Waals surface area (Å²) in [5.41, 5.74) is 9.79. The van der Waals surface area contributed by atoms with Crippen molar-refractivity contribution in [2.75, 3.05) is 20.2 Å². The number of primary amides is 1. The molecule has 1 unspecified atom stereocenters. The fourth-order valence-corrected chi connectivity index (χ4v) is 5.08. The maximum Gasteiger partial charge on any atom is 0.249 e. The van der Waals surface area contributed by atoms with E-state index in [0.29, 0.717) is 29.5 Å². The predicted octanol–water partition coefficient (Wildman–Crippen LogP) is 4.28. The Hall–Kier alpha value is -3.36. The molecule has 5 nitrogen and oxygen atoms in total. The summed E-state index contributed by atoms with van der Waals surface area (Å²) in [4.78, 5) is 14.6. The number of fused-ring (bicyclic) bond motifs is 1. The van der Waals surface area contributed by atoms with E-state index in [1.54, 1.807) is 6.07 Å².